The molecule has 0 radical (unpaired) electrons. The minimum absolute atomic E-state index is 0.0708. The quantitative estimate of drug-likeness (QED) is 0.392. The van der Waals surface area contributed by atoms with Gasteiger partial charge in [-0.25, -0.2) is 4.98 Å². The number of furan rings is 1. The summed E-state index contributed by atoms with van der Waals surface area (Å²) in [6.07, 6.45) is 6.62. The van der Waals surface area contributed by atoms with Gasteiger partial charge in [-0.1, -0.05) is 12.1 Å². The Hall–Kier alpha value is -4.59. The third-order valence-electron chi connectivity index (χ3n) is 5.17. The first-order valence-electron chi connectivity index (χ1n) is 10.6. The summed E-state index contributed by atoms with van der Waals surface area (Å²) in [6, 6.07) is 17.8. The van der Waals surface area contributed by atoms with Crippen molar-refractivity contribution in [2.24, 2.45) is 0 Å². The molecule has 0 saturated heterocycles. The number of nitrogens with one attached hydrogen (secondary N) is 2. The minimum atomic E-state index is -0.437. The molecule has 0 fully saturated rings. The number of hydrogen-bond acceptors (Lipinski definition) is 5. The molecule has 2 aromatic carbocycles. The molecule has 0 atom stereocenters. The van der Waals surface area contributed by atoms with Crippen LogP contribution in [0.3, 0.4) is 0 Å². The van der Waals surface area contributed by atoms with Gasteiger partial charge in [-0.3, -0.25) is 9.59 Å². The number of carbonyl (C=O) groups excluding carboxylic acids is 2. The topological polar surface area (TPSA) is 98.4 Å². The fourth-order valence-corrected chi connectivity index (χ4v) is 3.31. The zero-order valence-corrected chi connectivity index (χ0v) is 18.8. The summed E-state index contributed by atoms with van der Waals surface area (Å²) in [5.41, 5.74) is 2.36. The van der Waals surface area contributed by atoms with Crippen molar-refractivity contribution < 1.29 is 18.7 Å². The maximum atomic E-state index is 12.9. The Balaban J connectivity index is 1.45. The van der Waals surface area contributed by atoms with Crippen LogP contribution in [0.25, 0.3) is 11.8 Å². The third-order valence-corrected chi connectivity index (χ3v) is 5.17. The summed E-state index contributed by atoms with van der Waals surface area (Å²) in [4.78, 5) is 29.9. The lowest BCUT2D eigenvalue weighted by atomic mass is 10.2. The summed E-state index contributed by atoms with van der Waals surface area (Å²) in [5, 5.41) is 5.53. The normalized spacial score (nSPS) is 11.2. The highest BCUT2D eigenvalue weighted by atomic mass is 16.5. The van der Waals surface area contributed by atoms with Crippen molar-refractivity contribution in [1.29, 1.82) is 0 Å². The van der Waals surface area contributed by atoms with Gasteiger partial charge in [0.25, 0.3) is 11.8 Å². The number of aryl methyl sites for hydroxylation is 1. The number of ether oxygens (including phenoxy) is 1. The maximum absolute atomic E-state index is 12.9. The van der Waals surface area contributed by atoms with Crippen LogP contribution in [-0.2, 0) is 11.3 Å². The zero-order chi connectivity index (χ0) is 23.9. The largest absolute Gasteiger partial charge is 0.497 e. The number of benzene rings is 2. The first-order valence-corrected chi connectivity index (χ1v) is 10.6. The molecule has 0 spiro atoms. The summed E-state index contributed by atoms with van der Waals surface area (Å²) in [5.74, 6) is 1.11. The molecule has 4 rings (SSSR count). The lowest BCUT2D eigenvalue weighted by Gasteiger charge is -2.12. The van der Waals surface area contributed by atoms with Gasteiger partial charge in [0.2, 0.25) is 0 Å². The molecule has 0 aliphatic carbocycles. The predicted molar refractivity (Wildman–Crippen MR) is 127 cm³/mol. The van der Waals surface area contributed by atoms with Gasteiger partial charge in [-0.15, -0.1) is 0 Å². The van der Waals surface area contributed by atoms with E-state index in [4.69, 9.17) is 9.15 Å². The number of aromatic nitrogens is 2. The van der Waals surface area contributed by atoms with E-state index in [1.807, 2.05) is 42.0 Å². The van der Waals surface area contributed by atoms with Crippen LogP contribution in [-0.4, -0.2) is 28.5 Å². The Kier molecular flexibility index (Phi) is 6.88. The van der Waals surface area contributed by atoms with Gasteiger partial charge >= 0.3 is 0 Å². The molecular formula is C26H24N4O4. The standard InChI is InChI=1S/C26H24N4O4/c1-18-27-13-14-30(18)21-9-5-19(6-10-21)17-28-26(32)24(16-23-4-3-15-34-23)29-25(31)20-7-11-22(33-2)12-8-20/h3-16H,17H2,1-2H3,(H,28,32)(H,29,31)/b24-16-. The second-order valence-electron chi connectivity index (χ2n) is 7.45. The van der Waals surface area contributed by atoms with Crippen molar-refractivity contribution in [1.82, 2.24) is 20.2 Å². The van der Waals surface area contributed by atoms with Crippen LogP contribution in [0.4, 0.5) is 0 Å². The highest BCUT2D eigenvalue weighted by Gasteiger charge is 2.15. The molecule has 2 aromatic heterocycles. The molecule has 0 aliphatic heterocycles. The van der Waals surface area contributed by atoms with E-state index in [1.165, 1.54) is 12.3 Å². The molecule has 0 aliphatic rings. The summed E-state index contributed by atoms with van der Waals surface area (Å²) < 4.78 is 12.4. The van der Waals surface area contributed by atoms with E-state index in [0.717, 1.165) is 17.1 Å². The van der Waals surface area contributed by atoms with Crippen molar-refractivity contribution in [2.75, 3.05) is 7.11 Å². The smallest absolute Gasteiger partial charge is 0.268 e. The fourth-order valence-electron chi connectivity index (χ4n) is 3.31. The molecule has 4 aromatic rings. The SMILES string of the molecule is COc1ccc(C(=O)N/C(=C\c2ccco2)C(=O)NCc2ccc(-n3ccnc3C)cc2)cc1. The van der Waals surface area contributed by atoms with E-state index in [1.54, 1.807) is 49.7 Å². The van der Waals surface area contributed by atoms with Crippen LogP contribution >= 0.6 is 0 Å². The average molecular weight is 457 g/mol. The van der Waals surface area contributed by atoms with E-state index < -0.39 is 11.8 Å². The van der Waals surface area contributed by atoms with E-state index >= 15 is 0 Å². The predicted octanol–water partition coefficient (Wildman–Crippen LogP) is 3.87. The number of amides is 2. The molecular weight excluding hydrogens is 432 g/mol. The van der Waals surface area contributed by atoms with E-state index in [0.29, 0.717) is 17.1 Å². The van der Waals surface area contributed by atoms with Crippen molar-refractivity contribution >= 4 is 17.9 Å². The summed E-state index contributed by atoms with van der Waals surface area (Å²) >= 11 is 0. The third kappa shape index (κ3) is 5.42. The maximum Gasteiger partial charge on any atom is 0.268 e. The molecule has 172 valence electrons. The first kappa shape index (κ1) is 22.6. The van der Waals surface area contributed by atoms with Crippen molar-refractivity contribution in [3.8, 4) is 11.4 Å². The Morgan fingerprint density at radius 1 is 1.09 bits per heavy atom. The minimum Gasteiger partial charge on any atom is -0.497 e. The van der Waals surface area contributed by atoms with Gasteiger partial charge in [0.05, 0.1) is 13.4 Å². The lowest BCUT2D eigenvalue weighted by Crippen LogP contribution is -2.34. The second-order valence-corrected chi connectivity index (χ2v) is 7.45. The van der Waals surface area contributed by atoms with Gasteiger partial charge in [0.15, 0.2) is 0 Å². The molecule has 0 bridgehead atoms. The van der Waals surface area contributed by atoms with Crippen LogP contribution in [0, 0.1) is 6.92 Å². The Morgan fingerprint density at radius 3 is 2.47 bits per heavy atom. The van der Waals surface area contributed by atoms with Crippen LogP contribution in [0.5, 0.6) is 5.75 Å². The van der Waals surface area contributed by atoms with E-state index in [9.17, 15) is 9.59 Å². The fraction of sp³-hybridized carbons (Fsp3) is 0.115. The molecule has 34 heavy (non-hydrogen) atoms. The van der Waals surface area contributed by atoms with E-state index in [2.05, 4.69) is 15.6 Å². The number of imidazole rings is 1. The Bertz CT molecular complexity index is 1290. The van der Waals surface area contributed by atoms with Crippen LogP contribution in [0.1, 0.15) is 27.5 Å². The highest BCUT2D eigenvalue weighted by Crippen LogP contribution is 2.14. The lowest BCUT2D eigenvalue weighted by molar-refractivity contribution is -0.117. The number of hydrogen-bond donors (Lipinski definition) is 2. The zero-order valence-electron chi connectivity index (χ0n) is 18.8. The van der Waals surface area contributed by atoms with E-state index in [-0.39, 0.29) is 12.2 Å². The average Bonchev–Trinajstić information content (AvgIpc) is 3.54. The summed E-state index contributed by atoms with van der Waals surface area (Å²) in [7, 11) is 1.55. The van der Waals surface area contributed by atoms with Crippen LogP contribution in [0.15, 0.2) is 89.4 Å². The summed E-state index contributed by atoms with van der Waals surface area (Å²) in [6.45, 7) is 2.22. The van der Waals surface area contributed by atoms with Gasteiger partial charge in [0.1, 0.15) is 23.0 Å². The van der Waals surface area contributed by atoms with Crippen molar-refractivity contribution in [2.45, 2.75) is 13.5 Å². The van der Waals surface area contributed by atoms with Gasteiger partial charge in [0, 0.05) is 36.3 Å². The molecule has 0 unspecified atom stereocenters. The Labute approximate surface area is 196 Å². The highest BCUT2D eigenvalue weighted by molar-refractivity contribution is 6.05. The van der Waals surface area contributed by atoms with Gasteiger partial charge in [-0.2, -0.15) is 0 Å². The number of methoxy groups -OCH3 is 1. The van der Waals surface area contributed by atoms with Gasteiger partial charge in [-0.05, 0) is 61.0 Å². The van der Waals surface area contributed by atoms with Crippen molar-refractivity contribution in [3.05, 3.63) is 108 Å². The first-order chi connectivity index (χ1) is 16.5. The van der Waals surface area contributed by atoms with Gasteiger partial charge < -0.3 is 24.4 Å². The number of rotatable bonds is 8. The van der Waals surface area contributed by atoms with Crippen LogP contribution in [0.2, 0.25) is 0 Å². The van der Waals surface area contributed by atoms with Crippen molar-refractivity contribution in [3.63, 3.8) is 0 Å². The molecule has 2 heterocycles. The van der Waals surface area contributed by atoms with Crippen LogP contribution < -0.4 is 15.4 Å². The molecule has 2 amide bonds. The molecule has 2 N–H and O–H groups in total. The number of nitrogens with zero attached hydrogens (tertiary/aromatic N) is 2. The molecule has 0 saturated carbocycles. The molecule has 8 nitrogen and oxygen atoms in total. The second kappa shape index (κ2) is 10.4. The monoisotopic (exact) mass is 456 g/mol. The molecule has 8 heteroatoms. The number of carbonyl (C=O) groups is 2. The Morgan fingerprint density at radius 2 is 1.85 bits per heavy atom.